The Morgan fingerprint density at radius 2 is 1.78 bits per heavy atom. The quantitative estimate of drug-likeness (QED) is 0.756. The van der Waals surface area contributed by atoms with Gasteiger partial charge >= 0.3 is 12.0 Å². The second-order valence-corrected chi connectivity index (χ2v) is 7.69. The minimum atomic E-state index is -4.32. The molecule has 0 aliphatic heterocycles. The van der Waals surface area contributed by atoms with Crippen LogP contribution < -0.4 is 4.72 Å². The van der Waals surface area contributed by atoms with Gasteiger partial charge in [-0.3, -0.25) is 0 Å². The SMILES string of the molecule is CC(C(=O)O)N(Cc1ccccc1Cl)C(=O)NS(=O)(=O)c1ccc(F)cc1. The zero-order valence-electron chi connectivity index (χ0n) is 14.1. The molecule has 0 radical (unpaired) electrons. The number of benzene rings is 2. The van der Waals surface area contributed by atoms with Gasteiger partial charge in [0.15, 0.2) is 0 Å². The zero-order chi connectivity index (χ0) is 20.2. The summed E-state index contributed by atoms with van der Waals surface area (Å²) in [6.07, 6.45) is 0. The number of halogens is 2. The molecule has 0 bridgehead atoms. The van der Waals surface area contributed by atoms with E-state index in [9.17, 15) is 27.5 Å². The third-order valence-electron chi connectivity index (χ3n) is 3.73. The molecule has 10 heteroatoms. The van der Waals surface area contributed by atoms with Crippen LogP contribution in [0, 0.1) is 5.82 Å². The minimum Gasteiger partial charge on any atom is -0.480 e. The van der Waals surface area contributed by atoms with Gasteiger partial charge in [-0.2, -0.15) is 0 Å². The predicted octanol–water partition coefficient (Wildman–Crippen LogP) is 2.85. The van der Waals surface area contributed by atoms with Crippen molar-refractivity contribution in [2.45, 2.75) is 24.4 Å². The van der Waals surface area contributed by atoms with Crippen molar-refractivity contribution in [3.8, 4) is 0 Å². The van der Waals surface area contributed by atoms with Crippen molar-refractivity contribution in [1.29, 1.82) is 0 Å². The van der Waals surface area contributed by atoms with Crippen LogP contribution in [0.25, 0.3) is 0 Å². The number of carboxylic acid groups (broad SMARTS) is 1. The summed E-state index contributed by atoms with van der Waals surface area (Å²) in [5.41, 5.74) is 0.446. The number of carbonyl (C=O) groups is 2. The molecule has 0 fully saturated rings. The van der Waals surface area contributed by atoms with Crippen molar-refractivity contribution >= 4 is 33.6 Å². The maximum atomic E-state index is 13.0. The Morgan fingerprint density at radius 1 is 1.19 bits per heavy atom. The summed E-state index contributed by atoms with van der Waals surface area (Å²) in [7, 11) is -4.32. The second-order valence-electron chi connectivity index (χ2n) is 5.60. The molecule has 0 aliphatic carbocycles. The van der Waals surface area contributed by atoms with Gasteiger partial charge in [0.2, 0.25) is 0 Å². The van der Waals surface area contributed by atoms with E-state index in [1.807, 2.05) is 0 Å². The lowest BCUT2D eigenvalue weighted by Gasteiger charge is -2.27. The van der Waals surface area contributed by atoms with Crippen molar-refractivity contribution in [2.75, 3.05) is 0 Å². The van der Waals surface area contributed by atoms with Crippen LogP contribution >= 0.6 is 11.6 Å². The number of nitrogens with one attached hydrogen (secondary N) is 1. The zero-order valence-corrected chi connectivity index (χ0v) is 15.7. The lowest BCUT2D eigenvalue weighted by atomic mass is 10.2. The summed E-state index contributed by atoms with van der Waals surface area (Å²) in [5.74, 6) is -1.96. The number of urea groups is 1. The molecule has 2 aromatic carbocycles. The summed E-state index contributed by atoms with van der Waals surface area (Å²) in [5, 5.41) is 9.55. The van der Waals surface area contributed by atoms with Gasteiger partial charge in [0.1, 0.15) is 11.9 Å². The molecule has 1 unspecified atom stereocenters. The predicted molar refractivity (Wildman–Crippen MR) is 96.2 cm³/mol. The van der Waals surface area contributed by atoms with Crippen molar-refractivity contribution in [1.82, 2.24) is 9.62 Å². The Hall–Kier alpha value is -2.65. The van der Waals surface area contributed by atoms with E-state index in [2.05, 4.69) is 0 Å². The van der Waals surface area contributed by atoms with Crippen LogP contribution in [0.15, 0.2) is 53.4 Å². The van der Waals surface area contributed by atoms with Crippen LogP contribution in [-0.4, -0.2) is 36.5 Å². The van der Waals surface area contributed by atoms with Gasteiger partial charge in [-0.05, 0) is 42.8 Å². The highest BCUT2D eigenvalue weighted by Crippen LogP contribution is 2.19. The van der Waals surface area contributed by atoms with Crippen LogP contribution in [0.3, 0.4) is 0 Å². The van der Waals surface area contributed by atoms with Gasteiger partial charge in [-0.1, -0.05) is 29.8 Å². The molecule has 2 aromatic rings. The third kappa shape index (κ3) is 5.18. The summed E-state index contributed by atoms with van der Waals surface area (Å²) < 4.78 is 39.4. The molecule has 0 heterocycles. The summed E-state index contributed by atoms with van der Waals surface area (Å²) in [6, 6.07) is 7.83. The smallest absolute Gasteiger partial charge is 0.332 e. The van der Waals surface area contributed by atoms with Crippen LogP contribution in [0.1, 0.15) is 12.5 Å². The molecule has 0 saturated heterocycles. The first-order valence-electron chi connectivity index (χ1n) is 7.67. The molecule has 2 N–H and O–H groups in total. The van der Waals surface area contributed by atoms with E-state index < -0.39 is 33.9 Å². The minimum absolute atomic E-state index is 0.224. The van der Waals surface area contributed by atoms with Crippen LogP contribution in [0.4, 0.5) is 9.18 Å². The van der Waals surface area contributed by atoms with E-state index >= 15 is 0 Å². The Balaban J connectivity index is 2.29. The van der Waals surface area contributed by atoms with Gasteiger partial charge < -0.3 is 10.0 Å². The summed E-state index contributed by atoms with van der Waals surface area (Å²) in [4.78, 5) is 24.4. The third-order valence-corrected chi connectivity index (χ3v) is 5.43. The van der Waals surface area contributed by atoms with Gasteiger partial charge in [-0.25, -0.2) is 27.1 Å². The fourth-order valence-corrected chi connectivity index (χ4v) is 3.33. The number of carboxylic acids is 1. The first-order chi connectivity index (χ1) is 12.6. The topological polar surface area (TPSA) is 104 Å². The summed E-state index contributed by atoms with van der Waals surface area (Å²) >= 11 is 6.04. The van der Waals surface area contributed by atoms with Crippen molar-refractivity contribution < 1.29 is 27.5 Å². The monoisotopic (exact) mass is 414 g/mol. The Morgan fingerprint density at radius 3 is 2.33 bits per heavy atom. The van der Waals surface area contributed by atoms with Crippen molar-refractivity contribution in [2.24, 2.45) is 0 Å². The van der Waals surface area contributed by atoms with Crippen LogP contribution in [0.5, 0.6) is 0 Å². The number of amides is 2. The number of nitrogens with zero attached hydrogens (tertiary/aromatic N) is 1. The standard InChI is InChI=1S/C17H16ClFN2O5S/c1-11(16(22)23)21(10-12-4-2-3-5-15(12)18)17(24)20-27(25,26)14-8-6-13(19)7-9-14/h2-9,11H,10H2,1H3,(H,20,24)(H,22,23). The van der Waals surface area contributed by atoms with Gasteiger partial charge in [-0.15, -0.1) is 0 Å². The average molecular weight is 415 g/mol. The fraction of sp³-hybridized carbons (Fsp3) is 0.176. The molecule has 0 aromatic heterocycles. The Kier molecular flexibility index (Phi) is 6.40. The number of sulfonamides is 1. The average Bonchev–Trinajstić information content (AvgIpc) is 2.60. The van der Waals surface area contributed by atoms with Gasteiger partial charge in [0, 0.05) is 11.6 Å². The molecule has 144 valence electrons. The van der Waals surface area contributed by atoms with E-state index in [1.165, 1.54) is 6.92 Å². The lowest BCUT2D eigenvalue weighted by molar-refractivity contribution is -0.141. The molecule has 0 aliphatic rings. The number of rotatable bonds is 6. The van der Waals surface area contributed by atoms with E-state index in [1.54, 1.807) is 29.0 Å². The van der Waals surface area contributed by atoms with Crippen molar-refractivity contribution in [3.05, 3.63) is 64.9 Å². The highest BCUT2D eigenvalue weighted by molar-refractivity contribution is 7.90. The molecular weight excluding hydrogens is 399 g/mol. The number of aliphatic carboxylic acids is 1. The molecule has 7 nitrogen and oxygen atoms in total. The van der Waals surface area contributed by atoms with E-state index in [4.69, 9.17) is 11.6 Å². The lowest BCUT2D eigenvalue weighted by Crippen LogP contribution is -2.49. The number of carbonyl (C=O) groups excluding carboxylic acids is 1. The summed E-state index contributed by atoms with van der Waals surface area (Å²) in [6.45, 7) is 1.02. The van der Waals surface area contributed by atoms with Crippen molar-refractivity contribution in [3.63, 3.8) is 0 Å². The largest absolute Gasteiger partial charge is 0.480 e. The maximum absolute atomic E-state index is 13.0. The normalized spacial score (nSPS) is 12.3. The molecule has 0 spiro atoms. The van der Waals surface area contributed by atoms with Gasteiger partial charge in [0.05, 0.1) is 4.90 Å². The molecule has 2 amide bonds. The molecular formula is C17H16ClFN2O5S. The first kappa shape index (κ1) is 20.7. The highest BCUT2D eigenvalue weighted by atomic mass is 35.5. The van der Waals surface area contributed by atoms with E-state index in [-0.39, 0.29) is 11.4 Å². The Labute approximate surface area is 160 Å². The molecule has 1 atom stereocenters. The maximum Gasteiger partial charge on any atom is 0.332 e. The van der Waals surface area contributed by atoms with Gasteiger partial charge in [0.25, 0.3) is 10.0 Å². The second kappa shape index (κ2) is 8.36. The van der Waals surface area contributed by atoms with E-state index in [0.717, 1.165) is 29.2 Å². The number of hydrogen-bond donors (Lipinski definition) is 2. The Bertz CT molecular complexity index is 950. The van der Waals surface area contributed by atoms with E-state index in [0.29, 0.717) is 10.6 Å². The molecule has 0 saturated carbocycles. The first-order valence-corrected chi connectivity index (χ1v) is 9.53. The van der Waals surface area contributed by atoms with Crippen LogP contribution in [0.2, 0.25) is 5.02 Å². The van der Waals surface area contributed by atoms with Crippen LogP contribution in [-0.2, 0) is 21.4 Å². The molecule has 27 heavy (non-hydrogen) atoms. The molecule has 2 rings (SSSR count). The highest BCUT2D eigenvalue weighted by Gasteiger charge is 2.29. The fourth-order valence-electron chi connectivity index (χ4n) is 2.17. The number of hydrogen-bond acceptors (Lipinski definition) is 4.